The van der Waals surface area contributed by atoms with E-state index in [9.17, 15) is 4.79 Å². The Morgan fingerprint density at radius 3 is 1.82 bits per heavy atom. The predicted molar refractivity (Wildman–Crippen MR) is 118 cm³/mol. The van der Waals surface area contributed by atoms with Crippen LogP contribution in [0.2, 0.25) is 0 Å². The van der Waals surface area contributed by atoms with E-state index in [1.54, 1.807) is 0 Å². The van der Waals surface area contributed by atoms with Crippen LogP contribution in [0.5, 0.6) is 0 Å². The summed E-state index contributed by atoms with van der Waals surface area (Å²) < 4.78 is 1.46. The summed E-state index contributed by atoms with van der Waals surface area (Å²) in [6, 6.07) is 7.63. The number of unbranched alkanes of at least 4 members (excludes halogenated alkanes) is 14. The molecule has 0 amide bonds. The van der Waals surface area contributed by atoms with Gasteiger partial charge in [-0.05, 0) is 18.6 Å². The lowest BCUT2D eigenvalue weighted by molar-refractivity contribution is 0.0886. The number of benzene rings is 1. The Kier molecular flexibility index (Phi) is 11.5. The Bertz CT molecular complexity index is 665. The highest BCUT2D eigenvalue weighted by atomic mass is 16.2. The van der Waals surface area contributed by atoms with Crippen LogP contribution in [0.1, 0.15) is 114 Å². The molecule has 0 bridgehead atoms. The molecule has 0 aliphatic rings. The van der Waals surface area contributed by atoms with Gasteiger partial charge in [0.1, 0.15) is 5.52 Å². The zero-order valence-electron chi connectivity index (χ0n) is 17.9. The topological polar surface area (TPSA) is 47.8 Å². The Balaban J connectivity index is 1.39. The second-order valence-electron chi connectivity index (χ2n) is 8.08. The number of hydrogen-bond donors (Lipinski definition) is 0. The number of aromatic nitrogens is 3. The van der Waals surface area contributed by atoms with Crippen molar-refractivity contribution < 1.29 is 4.79 Å². The molecule has 2 aromatic rings. The van der Waals surface area contributed by atoms with Crippen LogP contribution in [-0.4, -0.2) is 20.9 Å². The molecule has 156 valence electrons. The summed E-state index contributed by atoms with van der Waals surface area (Å²) in [5.41, 5.74) is 1.60. The number of hydrogen-bond acceptors (Lipinski definition) is 3. The van der Waals surface area contributed by atoms with Gasteiger partial charge in [-0.2, -0.15) is 4.68 Å². The van der Waals surface area contributed by atoms with Crippen LogP contribution in [0.25, 0.3) is 11.0 Å². The lowest BCUT2D eigenvalue weighted by Crippen LogP contribution is -2.12. The average Bonchev–Trinajstić information content (AvgIpc) is 3.15. The molecule has 0 N–H and O–H groups in total. The van der Waals surface area contributed by atoms with Crippen LogP contribution in [0.15, 0.2) is 24.3 Å². The van der Waals surface area contributed by atoms with Gasteiger partial charge in [-0.15, -0.1) is 5.10 Å². The maximum Gasteiger partial charge on any atom is 0.248 e. The minimum absolute atomic E-state index is 0.0587. The Hall–Kier alpha value is -1.71. The molecule has 0 fully saturated rings. The van der Waals surface area contributed by atoms with E-state index in [1.165, 1.54) is 88.2 Å². The van der Waals surface area contributed by atoms with Crippen LogP contribution in [0.4, 0.5) is 0 Å². The zero-order valence-corrected chi connectivity index (χ0v) is 17.9. The first kappa shape index (κ1) is 22.6. The number of rotatable bonds is 16. The van der Waals surface area contributed by atoms with Crippen molar-refractivity contribution in [2.24, 2.45) is 0 Å². The van der Waals surface area contributed by atoms with E-state index < -0.39 is 0 Å². The number of para-hydroxylation sites is 1. The Morgan fingerprint density at radius 2 is 1.25 bits per heavy atom. The summed E-state index contributed by atoms with van der Waals surface area (Å²) in [6.45, 7) is 2.28. The van der Waals surface area contributed by atoms with Crippen molar-refractivity contribution in [3.05, 3.63) is 24.3 Å². The van der Waals surface area contributed by atoms with Crippen molar-refractivity contribution in [3.63, 3.8) is 0 Å². The van der Waals surface area contributed by atoms with Gasteiger partial charge in [0.25, 0.3) is 0 Å². The van der Waals surface area contributed by atoms with Crippen molar-refractivity contribution in [3.8, 4) is 0 Å². The lowest BCUT2D eigenvalue weighted by Gasteiger charge is -2.04. The van der Waals surface area contributed by atoms with Gasteiger partial charge in [0, 0.05) is 6.42 Å². The third-order valence-electron chi connectivity index (χ3n) is 5.58. The first-order valence-corrected chi connectivity index (χ1v) is 11.7. The van der Waals surface area contributed by atoms with Crippen molar-refractivity contribution in [1.29, 1.82) is 0 Å². The van der Waals surface area contributed by atoms with Crippen LogP contribution in [0, 0.1) is 0 Å². The zero-order chi connectivity index (χ0) is 19.9. The second kappa shape index (κ2) is 14.3. The molecule has 4 nitrogen and oxygen atoms in total. The molecule has 0 saturated heterocycles. The first-order valence-electron chi connectivity index (χ1n) is 11.7. The van der Waals surface area contributed by atoms with E-state index >= 15 is 0 Å². The van der Waals surface area contributed by atoms with Gasteiger partial charge in [-0.1, -0.05) is 114 Å². The summed E-state index contributed by atoms with van der Waals surface area (Å²) in [4.78, 5) is 12.3. The predicted octanol–water partition coefficient (Wildman–Crippen LogP) is 7.33. The van der Waals surface area contributed by atoms with Gasteiger partial charge in [0.15, 0.2) is 0 Å². The normalized spacial score (nSPS) is 11.3. The molecule has 0 aliphatic heterocycles. The molecule has 1 heterocycles. The quantitative estimate of drug-likeness (QED) is 0.284. The van der Waals surface area contributed by atoms with Crippen LogP contribution >= 0.6 is 0 Å². The van der Waals surface area contributed by atoms with Gasteiger partial charge in [0.05, 0.1) is 5.52 Å². The molecule has 0 saturated carbocycles. The average molecular weight is 386 g/mol. The molecular formula is C24H39N3O. The number of fused-ring (bicyclic) bond motifs is 1. The summed E-state index contributed by atoms with van der Waals surface area (Å²) >= 11 is 0. The summed E-state index contributed by atoms with van der Waals surface area (Å²) in [7, 11) is 0. The van der Waals surface area contributed by atoms with Gasteiger partial charge in [-0.3, -0.25) is 4.79 Å². The summed E-state index contributed by atoms with van der Waals surface area (Å²) in [6.07, 6.45) is 20.6. The van der Waals surface area contributed by atoms with E-state index in [1.807, 2.05) is 24.3 Å². The number of carbonyl (C=O) groups is 1. The first-order chi connectivity index (χ1) is 13.8. The van der Waals surface area contributed by atoms with Crippen molar-refractivity contribution >= 4 is 16.9 Å². The number of nitrogens with zero attached hydrogens (tertiary/aromatic N) is 3. The Morgan fingerprint density at radius 1 is 0.750 bits per heavy atom. The van der Waals surface area contributed by atoms with Crippen molar-refractivity contribution in [2.45, 2.75) is 110 Å². The molecule has 4 heteroatoms. The third kappa shape index (κ3) is 8.53. The van der Waals surface area contributed by atoms with Crippen molar-refractivity contribution in [2.75, 3.05) is 0 Å². The summed E-state index contributed by atoms with van der Waals surface area (Å²) in [5.74, 6) is 0.0587. The van der Waals surface area contributed by atoms with Crippen LogP contribution < -0.4 is 0 Å². The molecule has 0 radical (unpaired) electrons. The van der Waals surface area contributed by atoms with E-state index in [-0.39, 0.29) is 5.91 Å². The van der Waals surface area contributed by atoms with Crippen molar-refractivity contribution in [1.82, 2.24) is 15.0 Å². The Labute approximate surface area is 171 Å². The van der Waals surface area contributed by atoms with E-state index in [4.69, 9.17) is 0 Å². The molecule has 1 aromatic heterocycles. The highest BCUT2D eigenvalue weighted by Crippen LogP contribution is 2.15. The van der Waals surface area contributed by atoms with E-state index in [2.05, 4.69) is 17.2 Å². The lowest BCUT2D eigenvalue weighted by atomic mass is 10.0. The molecule has 28 heavy (non-hydrogen) atoms. The molecule has 0 unspecified atom stereocenters. The summed E-state index contributed by atoms with van der Waals surface area (Å²) in [5, 5.41) is 8.05. The second-order valence-corrected chi connectivity index (χ2v) is 8.08. The smallest absolute Gasteiger partial charge is 0.248 e. The fraction of sp³-hybridized carbons (Fsp3) is 0.708. The van der Waals surface area contributed by atoms with Gasteiger partial charge in [0.2, 0.25) is 5.91 Å². The van der Waals surface area contributed by atoms with E-state index in [0.717, 1.165) is 23.9 Å². The fourth-order valence-corrected chi connectivity index (χ4v) is 3.81. The molecule has 0 aliphatic carbocycles. The third-order valence-corrected chi connectivity index (χ3v) is 5.58. The SMILES string of the molecule is CCCCCCCCCCCCCCCCCC(=O)n1nnc2ccccc21. The van der Waals surface area contributed by atoms with Gasteiger partial charge >= 0.3 is 0 Å². The maximum absolute atomic E-state index is 12.3. The number of carbonyl (C=O) groups excluding carboxylic acids is 1. The highest BCUT2D eigenvalue weighted by Gasteiger charge is 2.10. The van der Waals surface area contributed by atoms with E-state index in [0.29, 0.717) is 6.42 Å². The fourth-order valence-electron chi connectivity index (χ4n) is 3.81. The molecule has 0 spiro atoms. The molecule has 1 aromatic carbocycles. The van der Waals surface area contributed by atoms with Crippen LogP contribution in [-0.2, 0) is 0 Å². The molecule has 0 atom stereocenters. The highest BCUT2D eigenvalue weighted by molar-refractivity contribution is 5.88. The van der Waals surface area contributed by atoms with Gasteiger partial charge < -0.3 is 0 Å². The maximum atomic E-state index is 12.3. The molecule has 2 rings (SSSR count). The largest absolute Gasteiger partial charge is 0.273 e. The minimum Gasteiger partial charge on any atom is -0.273 e. The van der Waals surface area contributed by atoms with Gasteiger partial charge in [-0.25, -0.2) is 0 Å². The minimum atomic E-state index is 0.0587. The standard InChI is InChI=1S/C24H39N3O/c1-2-3-4-5-6-7-8-9-10-11-12-13-14-15-16-21-24(28)27-23-20-18-17-19-22(23)25-26-27/h17-20H,2-16,21H2,1H3. The molecular weight excluding hydrogens is 346 g/mol. The monoisotopic (exact) mass is 385 g/mol. The van der Waals surface area contributed by atoms with Crippen LogP contribution in [0.3, 0.4) is 0 Å².